The summed E-state index contributed by atoms with van der Waals surface area (Å²) in [4.78, 5) is 0. The van der Waals surface area contributed by atoms with Gasteiger partial charge in [0.2, 0.25) is 0 Å². The van der Waals surface area contributed by atoms with Crippen molar-refractivity contribution < 1.29 is 0 Å². The molecule has 0 saturated heterocycles. The first-order valence-corrected chi connectivity index (χ1v) is 7.15. The van der Waals surface area contributed by atoms with Crippen LogP contribution in [0.2, 0.25) is 0 Å². The van der Waals surface area contributed by atoms with E-state index in [1.807, 2.05) is 48.6 Å². The largest absolute Gasteiger partial charge is 0.278 e. The molecule has 3 heteroatoms. The first-order valence-electron chi connectivity index (χ1n) is 6.36. The maximum Gasteiger partial charge on any atom is 0.0833 e. The Kier molecular flexibility index (Phi) is 3.79. The number of benzene rings is 1. The zero-order chi connectivity index (χ0) is 13.8. The molecule has 0 amide bonds. The molecule has 1 aromatic rings. The lowest BCUT2D eigenvalue weighted by atomic mass is 10.0. The van der Waals surface area contributed by atoms with E-state index in [2.05, 4.69) is 50.8 Å². The van der Waals surface area contributed by atoms with Crippen molar-refractivity contribution in [2.24, 2.45) is 5.10 Å². The first kappa shape index (κ1) is 12.9. The summed E-state index contributed by atoms with van der Waals surface area (Å²) in [7, 11) is 0. The van der Waals surface area contributed by atoms with Crippen molar-refractivity contribution in [3.8, 4) is 0 Å². The minimum atomic E-state index is 0.906. The quantitative estimate of drug-likeness (QED) is 0.779. The fourth-order valence-corrected chi connectivity index (χ4v) is 2.21. The molecule has 0 radical (unpaired) electrons. The average molecular weight is 325 g/mol. The van der Waals surface area contributed by atoms with Crippen LogP contribution in [-0.4, -0.2) is 5.71 Å². The molecule has 2 nitrogen and oxygen atoms in total. The Labute approximate surface area is 126 Å². The van der Waals surface area contributed by atoms with Gasteiger partial charge in [0.25, 0.3) is 0 Å². The van der Waals surface area contributed by atoms with Gasteiger partial charge < -0.3 is 0 Å². The molecule has 20 heavy (non-hydrogen) atoms. The molecule has 0 bridgehead atoms. The van der Waals surface area contributed by atoms with Gasteiger partial charge in [0, 0.05) is 4.47 Å². The maximum absolute atomic E-state index is 4.36. The molecule has 1 aromatic carbocycles. The molecular weight excluding hydrogens is 312 g/mol. The molecule has 2 aliphatic carbocycles. The molecule has 3 rings (SSSR count). The van der Waals surface area contributed by atoms with Gasteiger partial charge in [0.15, 0.2) is 0 Å². The van der Waals surface area contributed by atoms with Gasteiger partial charge in [-0.3, -0.25) is 5.43 Å². The molecule has 0 saturated carbocycles. The number of hydrogen-bond donors (Lipinski definition) is 1. The summed E-state index contributed by atoms with van der Waals surface area (Å²) >= 11 is 3.41. The van der Waals surface area contributed by atoms with Crippen LogP contribution in [0.3, 0.4) is 0 Å². The molecule has 2 aliphatic rings. The van der Waals surface area contributed by atoms with Crippen LogP contribution >= 0.6 is 15.9 Å². The summed E-state index contributed by atoms with van der Waals surface area (Å²) in [5.41, 5.74) is 7.36. The second-order valence-corrected chi connectivity index (χ2v) is 5.37. The van der Waals surface area contributed by atoms with Gasteiger partial charge in [-0.05, 0) is 47.6 Å². The van der Waals surface area contributed by atoms with Crippen LogP contribution in [0.5, 0.6) is 0 Å². The molecule has 0 fully saturated rings. The van der Waals surface area contributed by atoms with Crippen molar-refractivity contribution in [2.45, 2.75) is 0 Å². The van der Waals surface area contributed by atoms with Crippen LogP contribution in [0.15, 0.2) is 93.6 Å². The lowest BCUT2D eigenvalue weighted by Crippen LogP contribution is -1.99. The molecule has 0 atom stereocenters. The SMILES string of the molecule is Brc1ccc(NN=C2C=CC(=C3C=CC=C3)C=C2)cc1. The van der Waals surface area contributed by atoms with Crippen LogP contribution in [-0.2, 0) is 0 Å². The number of anilines is 1. The molecule has 0 aromatic heterocycles. The summed E-state index contributed by atoms with van der Waals surface area (Å²) in [6.45, 7) is 0. The number of rotatable bonds is 2. The van der Waals surface area contributed by atoms with Crippen LogP contribution in [0, 0.1) is 0 Å². The third-order valence-corrected chi connectivity index (χ3v) is 3.55. The Morgan fingerprint density at radius 2 is 1.35 bits per heavy atom. The van der Waals surface area contributed by atoms with E-state index in [0.717, 1.165) is 15.9 Å². The molecule has 0 unspecified atom stereocenters. The van der Waals surface area contributed by atoms with E-state index in [0.29, 0.717) is 0 Å². The molecule has 98 valence electrons. The normalized spacial score (nSPS) is 16.1. The molecule has 1 N–H and O–H groups in total. The first-order chi connectivity index (χ1) is 9.81. The van der Waals surface area contributed by atoms with E-state index in [9.17, 15) is 0 Å². The number of hydrogen-bond acceptors (Lipinski definition) is 2. The molecule has 0 aliphatic heterocycles. The second-order valence-electron chi connectivity index (χ2n) is 4.45. The number of hydrazone groups is 1. The standard InChI is InChI=1S/C17H13BrN2/c18-15-7-11-17(12-8-15)20-19-16-9-5-14(6-10-16)13-3-1-2-4-13/h1-12,20H. The third-order valence-electron chi connectivity index (χ3n) is 3.02. The number of halogens is 1. The number of allylic oxidation sites excluding steroid dienone is 10. The highest BCUT2D eigenvalue weighted by molar-refractivity contribution is 9.10. The van der Waals surface area contributed by atoms with Gasteiger partial charge in [0.05, 0.1) is 11.4 Å². The number of nitrogens with one attached hydrogen (secondary N) is 1. The molecule has 0 heterocycles. The lowest BCUT2D eigenvalue weighted by molar-refractivity contribution is 1.34. The highest BCUT2D eigenvalue weighted by Gasteiger charge is 2.03. The van der Waals surface area contributed by atoms with Crippen molar-refractivity contribution in [1.29, 1.82) is 0 Å². The summed E-state index contributed by atoms with van der Waals surface area (Å²) < 4.78 is 1.06. The van der Waals surface area contributed by atoms with Gasteiger partial charge in [-0.2, -0.15) is 5.10 Å². The van der Waals surface area contributed by atoms with Crippen molar-refractivity contribution in [2.75, 3.05) is 5.43 Å². The smallest absolute Gasteiger partial charge is 0.0833 e. The van der Waals surface area contributed by atoms with Gasteiger partial charge in [0.1, 0.15) is 0 Å². The van der Waals surface area contributed by atoms with Crippen molar-refractivity contribution in [1.82, 2.24) is 0 Å². The van der Waals surface area contributed by atoms with Gasteiger partial charge in [-0.15, -0.1) is 0 Å². The summed E-state index contributed by atoms with van der Waals surface area (Å²) in [5, 5.41) is 4.36. The number of nitrogens with zero attached hydrogens (tertiary/aromatic N) is 1. The van der Waals surface area contributed by atoms with Crippen molar-refractivity contribution in [3.05, 3.63) is 88.5 Å². The van der Waals surface area contributed by atoms with E-state index in [4.69, 9.17) is 0 Å². The molecule has 0 spiro atoms. The van der Waals surface area contributed by atoms with E-state index < -0.39 is 0 Å². The fraction of sp³-hybridized carbons (Fsp3) is 0. The topological polar surface area (TPSA) is 24.4 Å². The van der Waals surface area contributed by atoms with Gasteiger partial charge in [-0.1, -0.05) is 52.4 Å². The van der Waals surface area contributed by atoms with Crippen LogP contribution < -0.4 is 5.43 Å². The molecular formula is C17H13BrN2. The Bertz CT molecular complexity index is 654. The zero-order valence-electron chi connectivity index (χ0n) is 10.8. The summed E-state index contributed by atoms with van der Waals surface area (Å²) in [6, 6.07) is 7.92. The Balaban J connectivity index is 1.70. The predicted octanol–water partition coefficient (Wildman–Crippen LogP) is 4.77. The van der Waals surface area contributed by atoms with Crippen LogP contribution in [0.1, 0.15) is 0 Å². The minimum absolute atomic E-state index is 0.906. The van der Waals surface area contributed by atoms with E-state index in [1.54, 1.807) is 0 Å². The second kappa shape index (κ2) is 5.88. The third kappa shape index (κ3) is 3.06. The highest BCUT2D eigenvalue weighted by atomic mass is 79.9. The maximum atomic E-state index is 4.36. The Morgan fingerprint density at radius 1 is 0.750 bits per heavy atom. The zero-order valence-corrected chi connectivity index (χ0v) is 12.3. The fourth-order valence-electron chi connectivity index (χ4n) is 1.95. The Morgan fingerprint density at radius 3 is 2.00 bits per heavy atom. The summed E-state index contributed by atoms with van der Waals surface area (Å²) in [6.07, 6.45) is 16.5. The minimum Gasteiger partial charge on any atom is -0.278 e. The van der Waals surface area contributed by atoms with E-state index >= 15 is 0 Å². The van der Waals surface area contributed by atoms with Gasteiger partial charge in [-0.25, -0.2) is 0 Å². The Hall–Kier alpha value is -2.13. The van der Waals surface area contributed by atoms with Crippen LogP contribution in [0.4, 0.5) is 5.69 Å². The van der Waals surface area contributed by atoms with Crippen LogP contribution in [0.25, 0.3) is 0 Å². The van der Waals surface area contributed by atoms with Crippen molar-refractivity contribution in [3.63, 3.8) is 0 Å². The van der Waals surface area contributed by atoms with Gasteiger partial charge >= 0.3 is 0 Å². The summed E-state index contributed by atoms with van der Waals surface area (Å²) in [5.74, 6) is 0. The van der Waals surface area contributed by atoms with E-state index in [-0.39, 0.29) is 0 Å². The average Bonchev–Trinajstić information content (AvgIpc) is 3.01. The predicted molar refractivity (Wildman–Crippen MR) is 88.8 cm³/mol. The van der Waals surface area contributed by atoms with Crippen molar-refractivity contribution >= 4 is 27.3 Å². The lowest BCUT2D eigenvalue weighted by Gasteiger charge is -2.06. The van der Waals surface area contributed by atoms with E-state index in [1.165, 1.54) is 11.1 Å². The monoisotopic (exact) mass is 324 g/mol. The highest BCUT2D eigenvalue weighted by Crippen LogP contribution is 2.18.